The van der Waals surface area contributed by atoms with Crippen molar-refractivity contribution >= 4 is 17.2 Å². The Morgan fingerprint density at radius 3 is 2.65 bits per heavy atom. The molecule has 0 saturated carbocycles. The highest BCUT2D eigenvalue weighted by Gasteiger charge is 2.12. The molecule has 2 N–H and O–H groups in total. The molecule has 2 heterocycles. The summed E-state index contributed by atoms with van der Waals surface area (Å²) in [6.45, 7) is 0. The van der Waals surface area contributed by atoms with Gasteiger partial charge in [-0.15, -0.1) is 15.0 Å². The molecule has 2 aromatic heterocycles. The third-order valence-corrected chi connectivity index (χ3v) is 2.87. The number of tetrazole rings is 1. The Bertz CT molecular complexity index is 752. The zero-order valence-corrected chi connectivity index (χ0v) is 11.2. The normalized spacial score (nSPS) is 10.4. The zero-order valence-electron chi connectivity index (χ0n) is 10.3. The summed E-state index contributed by atoms with van der Waals surface area (Å²) in [6, 6.07) is 13.2. The molecule has 98 valence electrons. The molecule has 0 amide bonds. The van der Waals surface area contributed by atoms with Gasteiger partial charge in [-0.1, -0.05) is 42.5 Å². The molecule has 0 saturated heterocycles. The first-order valence-electron chi connectivity index (χ1n) is 5.86. The van der Waals surface area contributed by atoms with Crippen LogP contribution in [-0.4, -0.2) is 30.2 Å². The minimum atomic E-state index is 0.194. The van der Waals surface area contributed by atoms with Crippen molar-refractivity contribution in [1.29, 1.82) is 0 Å². The number of nitrogens with two attached hydrogens (primary N) is 1. The minimum absolute atomic E-state index is 0.194. The molecule has 0 radical (unpaired) electrons. The number of hydrogen-bond donors (Lipinski definition) is 1. The molecule has 0 aliphatic heterocycles. The fourth-order valence-corrected chi connectivity index (χ4v) is 1.92. The van der Waals surface area contributed by atoms with Crippen LogP contribution >= 0.6 is 12.2 Å². The van der Waals surface area contributed by atoms with Crippen LogP contribution in [0.2, 0.25) is 0 Å². The van der Waals surface area contributed by atoms with Gasteiger partial charge in [0.25, 0.3) is 0 Å². The standard InChI is InChI=1S/C13H10N6S/c14-12(20)11-10(7-4-8-15-11)19-17-13(16-18-19)9-5-2-1-3-6-9/h1-8H,(H2,14,20). The first-order valence-corrected chi connectivity index (χ1v) is 6.27. The van der Waals surface area contributed by atoms with Gasteiger partial charge in [-0.3, -0.25) is 4.98 Å². The molecule has 0 aliphatic rings. The molecule has 0 fully saturated rings. The molecule has 0 aliphatic carbocycles. The van der Waals surface area contributed by atoms with Gasteiger partial charge in [-0.05, 0) is 17.3 Å². The van der Waals surface area contributed by atoms with Gasteiger partial charge >= 0.3 is 0 Å². The van der Waals surface area contributed by atoms with Crippen molar-refractivity contribution < 1.29 is 0 Å². The summed E-state index contributed by atoms with van der Waals surface area (Å²) in [5, 5.41) is 12.4. The third kappa shape index (κ3) is 2.26. The maximum atomic E-state index is 5.65. The Morgan fingerprint density at radius 1 is 1.10 bits per heavy atom. The van der Waals surface area contributed by atoms with Crippen molar-refractivity contribution in [3.63, 3.8) is 0 Å². The summed E-state index contributed by atoms with van der Waals surface area (Å²) in [4.78, 5) is 5.71. The largest absolute Gasteiger partial charge is 0.388 e. The van der Waals surface area contributed by atoms with E-state index in [1.54, 1.807) is 18.3 Å². The second-order valence-corrected chi connectivity index (χ2v) is 4.44. The van der Waals surface area contributed by atoms with Crippen LogP contribution < -0.4 is 5.73 Å². The lowest BCUT2D eigenvalue weighted by Crippen LogP contribution is -2.16. The number of pyridine rings is 1. The van der Waals surface area contributed by atoms with Crippen LogP contribution in [0, 0.1) is 0 Å². The Labute approximate surface area is 120 Å². The van der Waals surface area contributed by atoms with E-state index >= 15 is 0 Å². The van der Waals surface area contributed by atoms with Gasteiger partial charge in [0.1, 0.15) is 16.4 Å². The molecule has 0 atom stereocenters. The van der Waals surface area contributed by atoms with Gasteiger partial charge < -0.3 is 5.73 Å². The van der Waals surface area contributed by atoms with E-state index in [0.717, 1.165) is 5.56 Å². The number of rotatable bonds is 3. The Hall–Kier alpha value is -2.67. The summed E-state index contributed by atoms with van der Waals surface area (Å²) in [7, 11) is 0. The van der Waals surface area contributed by atoms with Crippen molar-refractivity contribution in [3.05, 3.63) is 54.4 Å². The highest BCUT2D eigenvalue weighted by molar-refractivity contribution is 7.80. The van der Waals surface area contributed by atoms with Crippen LogP contribution in [0.4, 0.5) is 0 Å². The van der Waals surface area contributed by atoms with E-state index in [0.29, 0.717) is 17.2 Å². The Morgan fingerprint density at radius 2 is 1.90 bits per heavy atom. The van der Waals surface area contributed by atoms with Gasteiger partial charge in [-0.25, -0.2) is 0 Å². The average Bonchev–Trinajstić information content (AvgIpc) is 2.98. The first kappa shape index (κ1) is 12.4. The summed E-state index contributed by atoms with van der Waals surface area (Å²) in [5.41, 5.74) is 7.62. The van der Waals surface area contributed by atoms with Gasteiger partial charge in [0, 0.05) is 11.8 Å². The summed E-state index contributed by atoms with van der Waals surface area (Å²) in [5.74, 6) is 0.531. The lowest BCUT2D eigenvalue weighted by molar-refractivity contribution is 0.715. The van der Waals surface area contributed by atoms with Gasteiger partial charge in [-0.2, -0.15) is 0 Å². The van der Waals surface area contributed by atoms with Gasteiger partial charge in [0.2, 0.25) is 5.82 Å². The molecule has 6 nitrogen and oxygen atoms in total. The highest BCUT2D eigenvalue weighted by Crippen LogP contribution is 2.15. The average molecular weight is 282 g/mol. The van der Waals surface area contributed by atoms with Gasteiger partial charge in [0.15, 0.2) is 0 Å². The molecule has 7 heteroatoms. The predicted octanol–water partition coefficient (Wildman–Crippen LogP) is 1.36. The molecule has 0 unspecified atom stereocenters. The predicted molar refractivity (Wildman–Crippen MR) is 78.3 cm³/mol. The van der Waals surface area contributed by atoms with E-state index < -0.39 is 0 Å². The topological polar surface area (TPSA) is 82.5 Å². The number of thiocarbonyl (C=S) groups is 1. The van der Waals surface area contributed by atoms with E-state index in [-0.39, 0.29) is 4.99 Å². The van der Waals surface area contributed by atoms with Crippen LogP contribution in [-0.2, 0) is 0 Å². The van der Waals surface area contributed by atoms with Crippen molar-refractivity contribution in [1.82, 2.24) is 25.2 Å². The van der Waals surface area contributed by atoms with Crippen LogP contribution in [0.5, 0.6) is 0 Å². The Balaban J connectivity index is 2.05. The summed E-state index contributed by atoms with van der Waals surface area (Å²) >= 11 is 4.98. The fraction of sp³-hybridized carbons (Fsp3) is 0. The number of benzene rings is 1. The monoisotopic (exact) mass is 282 g/mol. The van der Waals surface area contributed by atoms with Crippen molar-refractivity contribution in [3.8, 4) is 17.1 Å². The minimum Gasteiger partial charge on any atom is -0.388 e. The molecular weight excluding hydrogens is 272 g/mol. The smallest absolute Gasteiger partial charge is 0.205 e. The van der Waals surface area contributed by atoms with E-state index in [2.05, 4.69) is 20.4 Å². The third-order valence-electron chi connectivity index (χ3n) is 2.68. The second kappa shape index (κ2) is 5.14. The fourth-order valence-electron chi connectivity index (χ4n) is 1.77. The molecular formula is C13H10N6S. The van der Waals surface area contributed by atoms with Crippen molar-refractivity contribution in [2.24, 2.45) is 5.73 Å². The maximum absolute atomic E-state index is 5.65. The van der Waals surface area contributed by atoms with E-state index in [4.69, 9.17) is 18.0 Å². The summed E-state index contributed by atoms with van der Waals surface area (Å²) < 4.78 is 0. The Kier molecular flexibility index (Phi) is 3.18. The number of nitrogens with zero attached hydrogens (tertiary/aromatic N) is 5. The van der Waals surface area contributed by atoms with Crippen LogP contribution in [0.3, 0.4) is 0 Å². The molecule has 1 aromatic carbocycles. The molecule has 3 rings (SSSR count). The van der Waals surface area contributed by atoms with E-state index in [1.165, 1.54) is 4.80 Å². The lowest BCUT2D eigenvalue weighted by atomic mass is 10.2. The first-order chi connectivity index (χ1) is 9.75. The molecule has 0 spiro atoms. The van der Waals surface area contributed by atoms with Crippen LogP contribution in [0.1, 0.15) is 5.69 Å². The zero-order chi connectivity index (χ0) is 13.9. The van der Waals surface area contributed by atoms with Crippen molar-refractivity contribution in [2.75, 3.05) is 0 Å². The SMILES string of the molecule is NC(=S)c1ncccc1-n1nnc(-c2ccccc2)n1. The van der Waals surface area contributed by atoms with Crippen LogP contribution in [0.25, 0.3) is 17.1 Å². The second-order valence-electron chi connectivity index (χ2n) is 4.00. The molecule has 0 bridgehead atoms. The number of aromatic nitrogens is 5. The van der Waals surface area contributed by atoms with E-state index in [1.807, 2.05) is 30.3 Å². The van der Waals surface area contributed by atoms with Crippen LogP contribution in [0.15, 0.2) is 48.7 Å². The summed E-state index contributed by atoms with van der Waals surface area (Å²) in [6.07, 6.45) is 1.62. The van der Waals surface area contributed by atoms with E-state index in [9.17, 15) is 0 Å². The quantitative estimate of drug-likeness (QED) is 0.730. The van der Waals surface area contributed by atoms with Gasteiger partial charge in [0.05, 0.1) is 0 Å². The molecule has 20 heavy (non-hydrogen) atoms. The lowest BCUT2D eigenvalue weighted by Gasteiger charge is -2.03. The maximum Gasteiger partial charge on any atom is 0.205 e. The van der Waals surface area contributed by atoms with Crippen molar-refractivity contribution in [2.45, 2.75) is 0 Å². The molecule has 3 aromatic rings. The highest BCUT2D eigenvalue weighted by atomic mass is 32.1. The number of hydrogen-bond acceptors (Lipinski definition) is 5.